The quantitative estimate of drug-likeness (QED) is 0.266. The molecule has 1 aliphatic heterocycles. The molecule has 8 heteroatoms. The lowest BCUT2D eigenvalue weighted by Crippen LogP contribution is -2.25. The molecule has 0 aromatic heterocycles. The van der Waals surface area contributed by atoms with Crippen LogP contribution in [-0.2, 0) is 20.6 Å². The number of ether oxygens (including phenoxy) is 4. The summed E-state index contributed by atoms with van der Waals surface area (Å²) < 4.78 is 52.5. The molecular weight excluding hydrogens is 557 g/mol. The van der Waals surface area contributed by atoms with Crippen LogP contribution in [0.15, 0.2) is 30.3 Å². The number of carbonyl (C=O) groups is 1. The third-order valence-corrected chi connectivity index (χ3v) is 5.58. The number of rotatable bonds is 7. The average molecular weight is 590 g/mol. The lowest BCUT2D eigenvalue weighted by Gasteiger charge is -2.22. The highest BCUT2D eigenvalue weighted by Crippen LogP contribution is 2.31. The van der Waals surface area contributed by atoms with Crippen molar-refractivity contribution in [2.45, 2.75) is 72.4 Å². The number of esters is 1. The van der Waals surface area contributed by atoms with Crippen LogP contribution in [0.25, 0.3) is 0 Å². The summed E-state index contributed by atoms with van der Waals surface area (Å²) in [4.78, 5) is 13.1. The molecule has 0 radical (unpaired) electrons. The molecule has 0 unspecified atom stereocenters. The highest BCUT2D eigenvalue weighted by Gasteiger charge is 2.32. The van der Waals surface area contributed by atoms with Gasteiger partial charge in [0.25, 0.3) is 0 Å². The van der Waals surface area contributed by atoms with Gasteiger partial charge in [-0.15, -0.1) is 0 Å². The highest BCUT2D eigenvalue weighted by atomic mass is 127. The molecule has 2 aromatic rings. The zero-order valence-corrected chi connectivity index (χ0v) is 21.6. The van der Waals surface area contributed by atoms with Gasteiger partial charge in [0, 0.05) is 22.5 Å². The van der Waals surface area contributed by atoms with Crippen LogP contribution in [0, 0.1) is 15.2 Å². The monoisotopic (exact) mass is 590 g/mol. The van der Waals surface area contributed by atoms with Crippen LogP contribution in [0.4, 0.5) is 8.78 Å². The summed E-state index contributed by atoms with van der Waals surface area (Å²) in [5.41, 5.74) is -0.0426. The first-order valence-electron chi connectivity index (χ1n) is 10.8. The van der Waals surface area contributed by atoms with Crippen LogP contribution in [-0.4, -0.2) is 36.7 Å². The van der Waals surface area contributed by atoms with E-state index >= 15 is 0 Å². The van der Waals surface area contributed by atoms with Gasteiger partial charge in [-0.3, -0.25) is 0 Å². The van der Waals surface area contributed by atoms with Crippen molar-refractivity contribution in [1.82, 2.24) is 0 Å². The predicted octanol–water partition coefficient (Wildman–Crippen LogP) is 6.67. The van der Waals surface area contributed by atoms with Gasteiger partial charge < -0.3 is 18.9 Å². The van der Waals surface area contributed by atoms with E-state index in [1.54, 1.807) is 32.9 Å². The fraction of sp³-hybridized carbons (Fsp3) is 0.500. The Hall–Kier alpha value is -1.78. The molecule has 0 bridgehead atoms. The lowest BCUT2D eigenvalue weighted by molar-refractivity contribution is -0.139. The molecule has 1 saturated heterocycles. The zero-order valence-electron chi connectivity index (χ0n) is 19.5. The van der Waals surface area contributed by atoms with Crippen LogP contribution in [0.5, 0.6) is 5.75 Å². The van der Waals surface area contributed by atoms with E-state index in [1.807, 2.05) is 36.4 Å². The molecule has 1 fully saturated rings. The third-order valence-electron chi connectivity index (χ3n) is 4.91. The molecule has 2 aromatic carbocycles. The van der Waals surface area contributed by atoms with Crippen molar-refractivity contribution in [3.8, 4) is 5.75 Å². The van der Waals surface area contributed by atoms with E-state index in [9.17, 15) is 13.6 Å². The number of hydrogen-bond acceptors (Lipinski definition) is 5. The van der Waals surface area contributed by atoms with Crippen LogP contribution < -0.4 is 4.74 Å². The Morgan fingerprint density at radius 2 is 1.88 bits per heavy atom. The number of halogens is 3. The molecule has 0 aliphatic carbocycles. The maximum absolute atomic E-state index is 14.5. The van der Waals surface area contributed by atoms with E-state index < -0.39 is 29.0 Å². The molecule has 0 amide bonds. The Morgan fingerprint density at radius 3 is 2.47 bits per heavy atom. The fourth-order valence-electron chi connectivity index (χ4n) is 3.53. The van der Waals surface area contributed by atoms with Crippen LogP contribution >= 0.6 is 22.6 Å². The minimum Gasteiger partial charge on any atom is -0.492 e. The van der Waals surface area contributed by atoms with Crippen molar-refractivity contribution in [1.29, 1.82) is 0 Å². The minimum atomic E-state index is -0.769. The maximum Gasteiger partial charge on any atom is 0.342 e. The Labute approximate surface area is 214 Å². The third kappa shape index (κ3) is 7.88. The van der Waals surface area contributed by atoms with E-state index in [0.717, 1.165) is 9.64 Å². The summed E-state index contributed by atoms with van der Waals surface area (Å²) in [7, 11) is 0. The summed E-state index contributed by atoms with van der Waals surface area (Å²) in [6.45, 7) is 9.50. The zero-order chi connectivity index (χ0) is 24.4. The molecule has 3 rings (SSSR count). The van der Waals surface area contributed by atoms with Crippen molar-refractivity contribution in [2.75, 3.05) is 13.2 Å². The number of carbonyl (C=O) groups excluding carboxylic acids is 1. The molecule has 34 heavy (non-hydrogen) atoms. The topological polar surface area (TPSA) is 54.0 Å². The first-order chi connectivity index (χ1) is 15.3. The highest BCUT2D eigenvalue weighted by molar-refractivity contribution is 14.1. The summed E-state index contributed by atoms with van der Waals surface area (Å²) in [5, 5.41) is 0. The summed E-state index contributed by atoms with van der Waals surface area (Å²) in [6.07, 6.45) is 0.340. The van der Waals surface area contributed by atoms with Gasteiger partial charge in [0.2, 0.25) is 0 Å². The second-order valence-corrected chi connectivity index (χ2v) is 10.7. The fourth-order valence-corrected chi connectivity index (χ4v) is 3.98. The SMILES string of the molecule is C.CC(C)(C)OC(=O)c1c(Cc2ccc(I)cc2F)cc(F)cc1OCC[C@@H]1COC(C)(C)O1. The number of benzene rings is 2. The van der Waals surface area contributed by atoms with E-state index in [-0.39, 0.29) is 37.9 Å². The van der Waals surface area contributed by atoms with E-state index in [4.69, 9.17) is 18.9 Å². The predicted molar refractivity (Wildman–Crippen MR) is 135 cm³/mol. The van der Waals surface area contributed by atoms with Gasteiger partial charge in [0.1, 0.15) is 28.5 Å². The van der Waals surface area contributed by atoms with E-state index in [1.165, 1.54) is 12.1 Å². The standard InChI is InChI=1S/C25H29F2IO5.CH4/c1-24(2,3)33-23(29)22-16(10-15-6-7-18(28)13-20(15)27)11-17(26)12-21(22)30-9-8-19-14-31-25(4,5)32-19;/h6-7,11-13,19H,8-10,14H2,1-5H3;1H4/t19-;/m1./s1. The van der Waals surface area contributed by atoms with Crippen molar-refractivity contribution in [3.63, 3.8) is 0 Å². The van der Waals surface area contributed by atoms with Crippen LogP contribution in [0.3, 0.4) is 0 Å². The minimum absolute atomic E-state index is 0. The Kier molecular flexibility index (Phi) is 9.46. The van der Waals surface area contributed by atoms with Gasteiger partial charge in [-0.1, -0.05) is 13.5 Å². The van der Waals surface area contributed by atoms with Crippen molar-refractivity contribution >= 4 is 28.6 Å². The average Bonchev–Trinajstić information content (AvgIpc) is 3.01. The second kappa shape index (κ2) is 11.3. The van der Waals surface area contributed by atoms with Gasteiger partial charge in [0.05, 0.1) is 19.3 Å². The van der Waals surface area contributed by atoms with E-state index in [0.29, 0.717) is 24.2 Å². The summed E-state index contributed by atoms with van der Waals surface area (Å²) in [5.74, 6) is -2.26. The van der Waals surface area contributed by atoms with Gasteiger partial charge in [0.15, 0.2) is 5.79 Å². The largest absolute Gasteiger partial charge is 0.492 e. The molecule has 1 heterocycles. The normalized spacial score (nSPS) is 17.2. The molecular formula is C26H33F2IO5. The maximum atomic E-state index is 14.5. The molecule has 1 aliphatic rings. The van der Waals surface area contributed by atoms with Crippen molar-refractivity contribution in [2.24, 2.45) is 0 Å². The van der Waals surface area contributed by atoms with Gasteiger partial charge in [-0.2, -0.15) is 0 Å². The lowest BCUT2D eigenvalue weighted by atomic mass is 9.98. The number of hydrogen-bond donors (Lipinski definition) is 0. The van der Waals surface area contributed by atoms with Crippen molar-refractivity contribution in [3.05, 3.63) is 62.2 Å². The molecule has 188 valence electrons. The Morgan fingerprint density at radius 1 is 1.18 bits per heavy atom. The first-order valence-corrected chi connectivity index (χ1v) is 11.8. The van der Waals surface area contributed by atoms with Gasteiger partial charge in [-0.05, 0) is 86.5 Å². The Bertz CT molecular complexity index is 1020. The molecule has 1 atom stereocenters. The molecule has 0 saturated carbocycles. The van der Waals surface area contributed by atoms with Crippen molar-refractivity contribution < 1.29 is 32.5 Å². The van der Waals surface area contributed by atoms with Crippen LogP contribution in [0.2, 0.25) is 0 Å². The van der Waals surface area contributed by atoms with Crippen LogP contribution in [0.1, 0.15) is 70.0 Å². The summed E-state index contributed by atoms with van der Waals surface area (Å²) >= 11 is 2.02. The van der Waals surface area contributed by atoms with Gasteiger partial charge >= 0.3 is 5.97 Å². The Balaban J connectivity index is 0.00000408. The molecule has 0 N–H and O–H groups in total. The second-order valence-electron chi connectivity index (χ2n) is 9.44. The smallest absolute Gasteiger partial charge is 0.342 e. The van der Waals surface area contributed by atoms with E-state index in [2.05, 4.69) is 0 Å². The first kappa shape index (κ1) is 28.5. The van der Waals surface area contributed by atoms with Gasteiger partial charge in [-0.25, -0.2) is 13.6 Å². The summed E-state index contributed by atoms with van der Waals surface area (Å²) in [6, 6.07) is 7.16. The molecule has 0 spiro atoms. The molecule has 5 nitrogen and oxygen atoms in total.